The fraction of sp³-hybridized carbons (Fsp3) is 0.500. The SMILES string of the molecule is COc1cccc(OC)c1OC[C@@H](O)CN[C@H](c1ccccc1)C1CCCCC1. The number of para-hydroxylation sites is 1. The molecule has 2 aromatic rings. The molecule has 1 aliphatic carbocycles. The van der Waals surface area contributed by atoms with Crippen molar-refractivity contribution < 1.29 is 19.3 Å². The van der Waals surface area contributed by atoms with Gasteiger partial charge < -0.3 is 24.6 Å². The Morgan fingerprint density at radius 1 is 0.931 bits per heavy atom. The quantitative estimate of drug-likeness (QED) is 0.622. The standard InChI is InChI=1S/C24H33NO4/c1-27-21-14-9-15-22(28-2)24(21)29-17-20(26)16-25-23(18-10-5-3-6-11-18)19-12-7-4-8-13-19/h3,5-6,9-11,14-15,19-20,23,25-26H,4,7-8,12-13,16-17H2,1-2H3/t20-,23+/m0/s1. The van der Waals surface area contributed by atoms with Crippen LogP contribution in [0.1, 0.15) is 43.7 Å². The van der Waals surface area contributed by atoms with Crippen LogP contribution in [0.3, 0.4) is 0 Å². The molecule has 0 unspecified atom stereocenters. The molecule has 0 aliphatic heterocycles. The van der Waals surface area contributed by atoms with E-state index >= 15 is 0 Å². The molecule has 5 heteroatoms. The third kappa shape index (κ3) is 5.87. The number of methoxy groups -OCH3 is 2. The summed E-state index contributed by atoms with van der Waals surface area (Å²) in [4.78, 5) is 0. The number of ether oxygens (including phenoxy) is 3. The highest BCUT2D eigenvalue weighted by molar-refractivity contribution is 5.51. The van der Waals surface area contributed by atoms with Crippen LogP contribution in [0.15, 0.2) is 48.5 Å². The third-order valence-corrected chi connectivity index (χ3v) is 5.66. The van der Waals surface area contributed by atoms with E-state index in [0.717, 1.165) is 0 Å². The summed E-state index contributed by atoms with van der Waals surface area (Å²) >= 11 is 0. The van der Waals surface area contributed by atoms with Crippen LogP contribution in [0.4, 0.5) is 0 Å². The molecule has 0 amide bonds. The molecular formula is C24H33NO4. The number of hydrogen-bond donors (Lipinski definition) is 2. The van der Waals surface area contributed by atoms with Crippen LogP contribution in [-0.4, -0.2) is 38.6 Å². The van der Waals surface area contributed by atoms with Gasteiger partial charge in [-0.3, -0.25) is 0 Å². The van der Waals surface area contributed by atoms with Crippen molar-refractivity contribution >= 4 is 0 Å². The number of aliphatic hydroxyl groups excluding tert-OH is 1. The van der Waals surface area contributed by atoms with E-state index in [-0.39, 0.29) is 12.6 Å². The molecule has 0 radical (unpaired) electrons. The van der Waals surface area contributed by atoms with Crippen LogP contribution >= 0.6 is 0 Å². The first-order valence-corrected chi connectivity index (χ1v) is 10.5. The van der Waals surface area contributed by atoms with E-state index in [9.17, 15) is 5.11 Å². The van der Waals surface area contributed by atoms with Crippen LogP contribution < -0.4 is 19.5 Å². The van der Waals surface area contributed by atoms with Crippen LogP contribution in [-0.2, 0) is 0 Å². The molecule has 0 saturated heterocycles. The van der Waals surface area contributed by atoms with Gasteiger partial charge in [0, 0.05) is 12.6 Å². The Morgan fingerprint density at radius 2 is 1.59 bits per heavy atom. The number of aliphatic hydroxyl groups is 1. The summed E-state index contributed by atoms with van der Waals surface area (Å²) in [7, 11) is 3.18. The summed E-state index contributed by atoms with van der Waals surface area (Å²) in [6, 6.07) is 16.3. The fourth-order valence-corrected chi connectivity index (χ4v) is 4.15. The second-order valence-electron chi connectivity index (χ2n) is 7.65. The molecule has 0 heterocycles. The predicted octanol–water partition coefficient (Wildman–Crippen LogP) is 4.35. The average molecular weight is 400 g/mol. The van der Waals surface area contributed by atoms with Gasteiger partial charge in [-0.25, -0.2) is 0 Å². The third-order valence-electron chi connectivity index (χ3n) is 5.66. The predicted molar refractivity (Wildman–Crippen MR) is 115 cm³/mol. The lowest BCUT2D eigenvalue weighted by molar-refractivity contribution is 0.0958. The van der Waals surface area contributed by atoms with Crippen LogP contribution in [0.5, 0.6) is 17.2 Å². The van der Waals surface area contributed by atoms with Gasteiger partial charge in [0.15, 0.2) is 11.5 Å². The van der Waals surface area contributed by atoms with Gasteiger partial charge in [0.2, 0.25) is 5.75 Å². The summed E-state index contributed by atoms with van der Waals surface area (Å²) in [5.74, 6) is 2.31. The minimum absolute atomic E-state index is 0.163. The Kier molecular flexibility index (Phi) is 8.20. The van der Waals surface area contributed by atoms with Crippen molar-refractivity contribution in [1.29, 1.82) is 0 Å². The molecule has 3 rings (SSSR count). The minimum atomic E-state index is -0.639. The van der Waals surface area contributed by atoms with Crippen molar-refractivity contribution in [3.8, 4) is 17.2 Å². The van der Waals surface area contributed by atoms with Gasteiger partial charge in [-0.1, -0.05) is 55.7 Å². The lowest BCUT2D eigenvalue weighted by Gasteiger charge is -2.32. The molecule has 1 aliphatic rings. The highest BCUT2D eigenvalue weighted by atomic mass is 16.5. The number of hydrogen-bond acceptors (Lipinski definition) is 5. The van der Waals surface area contributed by atoms with Gasteiger partial charge in [-0.05, 0) is 36.5 Å². The van der Waals surface area contributed by atoms with E-state index in [1.165, 1.54) is 37.7 Å². The smallest absolute Gasteiger partial charge is 0.203 e. The van der Waals surface area contributed by atoms with Gasteiger partial charge in [-0.15, -0.1) is 0 Å². The average Bonchev–Trinajstić information content (AvgIpc) is 2.79. The Bertz CT molecular complexity index is 709. The molecule has 2 N–H and O–H groups in total. The molecule has 2 atom stereocenters. The molecule has 1 fully saturated rings. The Balaban J connectivity index is 1.60. The minimum Gasteiger partial charge on any atom is -0.493 e. The highest BCUT2D eigenvalue weighted by Gasteiger charge is 2.25. The van der Waals surface area contributed by atoms with Gasteiger partial charge in [0.1, 0.15) is 12.7 Å². The van der Waals surface area contributed by atoms with E-state index in [0.29, 0.717) is 29.7 Å². The number of nitrogens with one attached hydrogen (secondary N) is 1. The molecule has 0 spiro atoms. The topological polar surface area (TPSA) is 60.0 Å². The zero-order valence-electron chi connectivity index (χ0n) is 17.5. The van der Waals surface area contributed by atoms with Crippen LogP contribution in [0.25, 0.3) is 0 Å². The molecule has 0 aromatic heterocycles. The Hall–Kier alpha value is -2.24. The maximum absolute atomic E-state index is 10.6. The van der Waals surface area contributed by atoms with Gasteiger partial charge in [0.25, 0.3) is 0 Å². The Labute approximate surface area is 174 Å². The van der Waals surface area contributed by atoms with E-state index < -0.39 is 6.10 Å². The van der Waals surface area contributed by atoms with E-state index in [1.807, 2.05) is 24.3 Å². The second kappa shape index (κ2) is 11.1. The maximum Gasteiger partial charge on any atom is 0.203 e. The van der Waals surface area contributed by atoms with Crippen molar-refractivity contribution in [3.63, 3.8) is 0 Å². The highest BCUT2D eigenvalue weighted by Crippen LogP contribution is 2.37. The Morgan fingerprint density at radius 3 is 2.21 bits per heavy atom. The first kappa shape index (κ1) is 21.5. The van der Waals surface area contributed by atoms with Gasteiger partial charge >= 0.3 is 0 Å². The normalized spacial score (nSPS) is 16.8. The zero-order chi connectivity index (χ0) is 20.5. The van der Waals surface area contributed by atoms with Crippen molar-refractivity contribution in [3.05, 3.63) is 54.1 Å². The van der Waals surface area contributed by atoms with Crippen molar-refractivity contribution in [1.82, 2.24) is 5.32 Å². The largest absolute Gasteiger partial charge is 0.493 e. The molecular weight excluding hydrogens is 366 g/mol. The fourth-order valence-electron chi connectivity index (χ4n) is 4.15. The first-order chi connectivity index (χ1) is 14.2. The maximum atomic E-state index is 10.6. The molecule has 29 heavy (non-hydrogen) atoms. The van der Waals surface area contributed by atoms with E-state index in [2.05, 4.69) is 29.6 Å². The van der Waals surface area contributed by atoms with Gasteiger partial charge in [0.05, 0.1) is 14.2 Å². The molecule has 5 nitrogen and oxygen atoms in total. The second-order valence-corrected chi connectivity index (χ2v) is 7.65. The van der Waals surface area contributed by atoms with Crippen molar-refractivity contribution in [2.75, 3.05) is 27.4 Å². The number of rotatable bonds is 10. The first-order valence-electron chi connectivity index (χ1n) is 10.5. The summed E-state index contributed by atoms with van der Waals surface area (Å²) in [6.45, 7) is 0.628. The summed E-state index contributed by atoms with van der Waals surface area (Å²) in [6.07, 6.45) is 5.73. The molecule has 158 valence electrons. The summed E-state index contributed by atoms with van der Waals surface area (Å²) < 4.78 is 16.6. The molecule has 2 aromatic carbocycles. The van der Waals surface area contributed by atoms with E-state index in [4.69, 9.17) is 14.2 Å². The van der Waals surface area contributed by atoms with E-state index in [1.54, 1.807) is 14.2 Å². The summed E-state index contributed by atoms with van der Waals surface area (Å²) in [5.41, 5.74) is 1.29. The lowest BCUT2D eigenvalue weighted by Crippen LogP contribution is -2.37. The van der Waals surface area contributed by atoms with Crippen molar-refractivity contribution in [2.45, 2.75) is 44.2 Å². The zero-order valence-corrected chi connectivity index (χ0v) is 17.5. The van der Waals surface area contributed by atoms with Crippen molar-refractivity contribution in [2.24, 2.45) is 5.92 Å². The monoisotopic (exact) mass is 399 g/mol. The molecule has 0 bridgehead atoms. The van der Waals surface area contributed by atoms with Gasteiger partial charge in [-0.2, -0.15) is 0 Å². The number of benzene rings is 2. The van der Waals surface area contributed by atoms with Crippen LogP contribution in [0, 0.1) is 5.92 Å². The summed E-state index contributed by atoms with van der Waals surface area (Å²) in [5, 5.41) is 14.2. The lowest BCUT2D eigenvalue weighted by atomic mass is 9.81. The molecule has 1 saturated carbocycles. The van der Waals surface area contributed by atoms with Crippen LogP contribution in [0.2, 0.25) is 0 Å².